The third-order valence-electron chi connectivity index (χ3n) is 2.72. The van der Waals surface area contributed by atoms with Gasteiger partial charge in [-0.05, 0) is 35.4 Å². The molecule has 0 fully saturated rings. The number of rotatable bonds is 5. The molecule has 1 atom stereocenters. The van der Waals surface area contributed by atoms with Crippen molar-refractivity contribution in [3.63, 3.8) is 0 Å². The first-order valence-electron chi connectivity index (χ1n) is 6.00. The highest BCUT2D eigenvalue weighted by Crippen LogP contribution is 2.22. The van der Waals surface area contributed by atoms with E-state index >= 15 is 0 Å². The number of ether oxygens (including phenoxy) is 1. The Labute approximate surface area is 117 Å². The SMILES string of the molecule is NCC(F)c1cccc(OCc2cccc(Cl)c2)c1. The maximum Gasteiger partial charge on any atom is 0.137 e. The standard InChI is InChI=1S/C15H15ClFNO/c16-13-5-1-3-11(7-13)10-19-14-6-2-4-12(8-14)15(17)9-18/h1-8,15H,9-10,18H2. The van der Waals surface area contributed by atoms with E-state index in [4.69, 9.17) is 22.1 Å². The van der Waals surface area contributed by atoms with Crippen LogP contribution in [0.15, 0.2) is 48.5 Å². The van der Waals surface area contributed by atoms with E-state index in [2.05, 4.69) is 0 Å². The van der Waals surface area contributed by atoms with Crippen molar-refractivity contribution in [2.75, 3.05) is 6.54 Å². The molecule has 0 aromatic heterocycles. The highest BCUT2D eigenvalue weighted by atomic mass is 35.5. The van der Waals surface area contributed by atoms with Crippen LogP contribution in [0.3, 0.4) is 0 Å². The first-order chi connectivity index (χ1) is 9.19. The van der Waals surface area contributed by atoms with Crippen molar-refractivity contribution in [1.82, 2.24) is 0 Å². The van der Waals surface area contributed by atoms with Gasteiger partial charge in [-0.25, -0.2) is 4.39 Å². The zero-order valence-electron chi connectivity index (χ0n) is 10.4. The predicted molar refractivity (Wildman–Crippen MR) is 75.1 cm³/mol. The minimum Gasteiger partial charge on any atom is -0.489 e. The molecule has 0 spiro atoms. The summed E-state index contributed by atoms with van der Waals surface area (Å²) in [4.78, 5) is 0. The first-order valence-corrected chi connectivity index (χ1v) is 6.38. The van der Waals surface area contributed by atoms with Gasteiger partial charge in [-0.1, -0.05) is 35.9 Å². The molecule has 2 aromatic rings. The van der Waals surface area contributed by atoms with Gasteiger partial charge in [0.2, 0.25) is 0 Å². The fourth-order valence-corrected chi connectivity index (χ4v) is 1.94. The molecule has 0 bridgehead atoms. The van der Waals surface area contributed by atoms with Crippen molar-refractivity contribution < 1.29 is 9.13 Å². The summed E-state index contributed by atoms with van der Waals surface area (Å²) in [5.74, 6) is 0.619. The quantitative estimate of drug-likeness (QED) is 0.901. The largest absolute Gasteiger partial charge is 0.489 e. The zero-order valence-corrected chi connectivity index (χ0v) is 11.1. The maximum absolute atomic E-state index is 13.5. The highest BCUT2D eigenvalue weighted by Gasteiger charge is 2.08. The summed E-state index contributed by atoms with van der Waals surface area (Å²) in [7, 11) is 0. The average Bonchev–Trinajstić information content (AvgIpc) is 2.45. The lowest BCUT2D eigenvalue weighted by molar-refractivity contribution is 0.303. The lowest BCUT2D eigenvalue weighted by atomic mass is 10.1. The van der Waals surface area contributed by atoms with Crippen molar-refractivity contribution in [3.05, 3.63) is 64.7 Å². The Kier molecular flexibility index (Phi) is 4.77. The number of hydrogen-bond donors (Lipinski definition) is 1. The molecule has 0 saturated heterocycles. The van der Waals surface area contributed by atoms with Gasteiger partial charge in [-0.2, -0.15) is 0 Å². The van der Waals surface area contributed by atoms with E-state index in [9.17, 15) is 4.39 Å². The van der Waals surface area contributed by atoms with Gasteiger partial charge in [0, 0.05) is 11.6 Å². The number of alkyl halides is 1. The van der Waals surface area contributed by atoms with Crippen LogP contribution in [-0.4, -0.2) is 6.54 Å². The van der Waals surface area contributed by atoms with Crippen LogP contribution in [0.1, 0.15) is 17.3 Å². The summed E-state index contributed by atoms with van der Waals surface area (Å²) < 4.78 is 19.1. The van der Waals surface area contributed by atoms with Crippen LogP contribution in [0.4, 0.5) is 4.39 Å². The van der Waals surface area contributed by atoms with E-state index in [1.54, 1.807) is 30.3 Å². The molecule has 1 unspecified atom stereocenters. The maximum atomic E-state index is 13.5. The molecule has 0 saturated carbocycles. The summed E-state index contributed by atoms with van der Waals surface area (Å²) in [5.41, 5.74) is 6.80. The number of halogens is 2. The molecular formula is C15H15ClFNO. The second kappa shape index (κ2) is 6.55. The van der Waals surface area contributed by atoms with Gasteiger partial charge >= 0.3 is 0 Å². The van der Waals surface area contributed by atoms with Gasteiger partial charge in [0.1, 0.15) is 18.5 Å². The van der Waals surface area contributed by atoms with Crippen LogP contribution in [0.25, 0.3) is 0 Å². The average molecular weight is 280 g/mol. The van der Waals surface area contributed by atoms with Gasteiger partial charge in [0.25, 0.3) is 0 Å². The van der Waals surface area contributed by atoms with Crippen LogP contribution in [-0.2, 0) is 6.61 Å². The van der Waals surface area contributed by atoms with Crippen molar-refractivity contribution in [3.8, 4) is 5.75 Å². The molecule has 4 heteroatoms. The van der Waals surface area contributed by atoms with Crippen LogP contribution in [0, 0.1) is 0 Å². The fourth-order valence-electron chi connectivity index (χ4n) is 1.73. The van der Waals surface area contributed by atoms with E-state index in [0.717, 1.165) is 5.56 Å². The van der Waals surface area contributed by atoms with Crippen molar-refractivity contribution in [2.24, 2.45) is 5.73 Å². The summed E-state index contributed by atoms with van der Waals surface area (Å²) in [6.07, 6.45) is -1.16. The topological polar surface area (TPSA) is 35.2 Å². The van der Waals surface area contributed by atoms with Crippen LogP contribution >= 0.6 is 11.6 Å². The van der Waals surface area contributed by atoms with E-state index in [-0.39, 0.29) is 6.54 Å². The summed E-state index contributed by atoms with van der Waals surface area (Å²) in [6.45, 7) is 0.362. The van der Waals surface area contributed by atoms with Crippen molar-refractivity contribution in [2.45, 2.75) is 12.8 Å². The van der Waals surface area contributed by atoms with Gasteiger partial charge in [-0.3, -0.25) is 0 Å². The zero-order chi connectivity index (χ0) is 13.7. The Morgan fingerprint density at radius 3 is 2.68 bits per heavy atom. The molecule has 0 aliphatic heterocycles. The van der Waals surface area contributed by atoms with Crippen LogP contribution in [0.5, 0.6) is 5.75 Å². The van der Waals surface area contributed by atoms with E-state index < -0.39 is 6.17 Å². The van der Waals surface area contributed by atoms with Gasteiger partial charge < -0.3 is 10.5 Å². The Hall–Kier alpha value is -1.58. The number of nitrogens with two attached hydrogens (primary N) is 1. The monoisotopic (exact) mass is 279 g/mol. The van der Waals surface area contributed by atoms with Crippen molar-refractivity contribution >= 4 is 11.6 Å². The Morgan fingerprint density at radius 2 is 1.95 bits per heavy atom. The van der Waals surface area contributed by atoms with Gasteiger partial charge in [-0.15, -0.1) is 0 Å². The molecule has 2 rings (SSSR count). The Balaban J connectivity index is 2.03. The molecule has 2 nitrogen and oxygen atoms in total. The fraction of sp³-hybridized carbons (Fsp3) is 0.200. The number of benzene rings is 2. The molecule has 0 amide bonds. The molecule has 2 aromatic carbocycles. The van der Waals surface area contributed by atoms with Crippen LogP contribution in [0.2, 0.25) is 5.02 Å². The Bertz CT molecular complexity index is 547. The second-order valence-electron chi connectivity index (χ2n) is 4.19. The van der Waals surface area contributed by atoms with Crippen molar-refractivity contribution in [1.29, 1.82) is 0 Å². The molecule has 19 heavy (non-hydrogen) atoms. The molecule has 0 aliphatic carbocycles. The minimum atomic E-state index is -1.16. The highest BCUT2D eigenvalue weighted by molar-refractivity contribution is 6.30. The lowest BCUT2D eigenvalue weighted by Gasteiger charge is -2.10. The van der Waals surface area contributed by atoms with E-state index in [0.29, 0.717) is 22.9 Å². The Morgan fingerprint density at radius 1 is 1.16 bits per heavy atom. The minimum absolute atomic E-state index is 0.0300. The third kappa shape index (κ3) is 3.94. The van der Waals surface area contributed by atoms with Gasteiger partial charge in [0.05, 0.1) is 0 Å². The summed E-state index contributed by atoms with van der Waals surface area (Å²) >= 11 is 5.89. The third-order valence-corrected chi connectivity index (χ3v) is 2.96. The molecule has 100 valence electrons. The molecule has 0 heterocycles. The molecule has 0 radical (unpaired) electrons. The molecule has 0 aliphatic rings. The molecular weight excluding hydrogens is 265 g/mol. The smallest absolute Gasteiger partial charge is 0.137 e. The number of hydrogen-bond acceptors (Lipinski definition) is 2. The van der Waals surface area contributed by atoms with E-state index in [1.807, 2.05) is 18.2 Å². The summed E-state index contributed by atoms with van der Waals surface area (Å²) in [5, 5.41) is 0.668. The second-order valence-corrected chi connectivity index (χ2v) is 4.63. The lowest BCUT2D eigenvalue weighted by Crippen LogP contribution is -2.07. The predicted octanol–water partition coefficient (Wildman–Crippen LogP) is 3.89. The normalized spacial score (nSPS) is 12.2. The van der Waals surface area contributed by atoms with Crippen LogP contribution < -0.4 is 10.5 Å². The van der Waals surface area contributed by atoms with Gasteiger partial charge in [0.15, 0.2) is 0 Å². The molecule has 2 N–H and O–H groups in total. The first kappa shape index (κ1) is 13.8. The van der Waals surface area contributed by atoms with E-state index in [1.165, 1.54) is 0 Å². The summed E-state index contributed by atoms with van der Waals surface area (Å²) in [6, 6.07) is 14.3.